The lowest BCUT2D eigenvalue weighted by atomic mass is 10.1. The van der Waals surface area contributed by atoms with Gasteiger partial charge in [-0.1, -0.05) is 22.0 Å². The minimum absolute atomic E-state index is 0.0545. The second-order valence-corrected chi connectivity index (χ2v) is 6.94. The van der Waals surface area contributed by atoms with Gasteiger partial charge < -0.3 is 4.74 Å². The summed E-state index contributed by atoms with van der Waals surface area (Å²) < 4.78 is 18.4. The number of ketones is 1. The summed E-state index contributed by atoms with van der Waals surface area (Å²) >= 11 is 3.33. The lowest BCUT2D eigenvalue weighted by Gasteiger charge is -2.08. The van der Waals surface area contributed by atoms with E-state index in [0.717, 1.165) is 10.0 Å². The fraction of sp³-hybridized carbons (Fsp3) is 0.188. The van der Waals surface area contributed by atoms with Crippen LogP contribution in [0.2, 0.25) is 0 Å². The summed E-state index contributed by atoms with van der Waals surface area (Å²) in [6.07, 6.45) is 0. The van der Waals surface area contributed by atoms with E-state index >= 15 is 0 Å². The SMILES string of the molecule is COc1cc(C)ccc1C(=O)CS(=O)c1ccc(Br)cc1. The molecule has 0 N–H and O–H groups in total. The summed E-state index contributed by atoms with van der Waals surface area (Å²) in [7, 11) is 0.161. The van der Waals surface area contributed by atoms with Gasteiger partial charge in [0.1, 0.15) is 5.75 Å². The smallest absolute Gasteiger partial charge is 0.179 e. The molecule has 21 heavy (non-hydrogen) atoms. The van der Waals surface area contributed by atoms with Crippen molar-refractivity contribution in [1.82, 2.24) is 0 Å². The number of carbonyl (C=O) groups excluding carboxylic acids is 1. The topological polar surface area (TPSA) is 43.4 Å². The number of halogens is 1. The maximum absolute atomic E-state index is 12.3. The van der Waals surface area contributed by atoms with Gasteiger partial charge in [-0.2, -0.15) is 0 Å². The maximum atomic E-state index is 12.3. The molecule has 0 saturated carbocycles. The van der Waals surface area contributed by atoms with Crippen molar-refractivity contribution in [1.29, 1.82) is 0 Å². The average molecular weight is 367 g/mol. The molecule has 1 atom stereocenters. The first-order valence-corrected chi connectivity index (χ1v) is 8.44. The molecule has 0 fully saturated rings. The summed E-state index contributed by atoms with van der Waals surface area (Å²) in [5, 5.41) is 0. The molecule has 0 bridgehead atoms. The Bertz CT molecular complexity index is 680. The Hall–Kier alpha value is -1.46. The lowest BCUT2D eigenvalue weighted by Crippen LogP contribution is -2.12. The van der Waals surface area contributed by atoms with Crippen LogP contribution < -0.4 is 4.74 Å². The monoisotopic (exact) mass is 366 g/mol. The summed E-state index contributed by atoms with van der Waals surface area (Å²) in [4.78, 5) is 12.9. The summed E-state index contributed by atoms with van der Waals surface area (Å²) in [5.74, 6) is 0.280. The molecule has 2 aromatic carbocycles. The van der Waals surface area contributed by atoms with E-state index in [1.165, 1.54) is 7.11 Å². The van der Waals surface area contributed by atoms with Crippen LogP contribution in [-0.4, -0.2) is 22.9 Å². The van der Waals surface area contributed by atoms with Crippen molar-refractivity contribution in [3.63, 3.8) is 0 Å². The molecule has 0 spiro atoms. The molecule has 0 aliphatic rings. The van der Waals surface area contributed by atoms with Crippen LogP contribution in [-0.2, 0) is 10.8 Å². The van der Waals surface area contributed by atoms with Crippen molar-refractivity contribution >= 4 is 32.5 Å². The Kier molecular flexibility index (Phi) is 5.31. The van der Waals surface area contributed by atoms with E-state index in [1.54, 1.807) is 24.3 Å². The van der Waals surface area contributed by atoms with E-state index in [1.807, 2.05) is 25.1 Å². The Balaban J connectivity index is 2.18. The molecular formula is C16H15BrO3S. The maximum Gasteiger partial charge on any atom is 0.179 e. The second kappa shape index (κ2) is 7.00. The Morgan fingerprint density at radius 3 is 2.48 bits per heavy atom. The molecule has 0 aromatic heterocycles. The van der Waals surface area contributed by atoms with Gasteiger partial charge in [-0.3, -0.25) is 9.00 Å². The normalized spacial score (nSPS) is 12.0. The highest BCUT2D eigenvalue weighted by Crippen LogP contribution is 2.21. The molecule has 1 unspecified atom stereocenters. The van der Waals surface area contributed by atoms with Crippen LogP contribution in [0.1, 0.15) is 15.9 Å². The van der Waals surface area contributed by atoms with Crippen molar-refractivity contribution in [3.05, 3.63) is 58.1 Å². The number of ether oxygens (including phenoxy) is 1. The van der Waals surface area contributed by atoms with Gasteiger partial charge in [0.25, 0.3) is 0 Å². The largest absolute Gasteiger partial charge is 0.496 e. The molecule has 0 heterocycles. The summed E-state index contributed by atoms with van der Waals surface area (Å²) in [6.45, 7) is 1.93. The van der Waals surface area contributed by atoms with Crippen molar-refractivity contribution in [2.45, 2.75) is 11.8 Å². The number of methoxy groups -OCH3 is 1. The van der Waals surface area contributed by atoms with Crippen LogP contribution in [0.15, 0.2) is 51.8 Å². The van der Waals surface area contributed by atoms with Crippen LogP contribution in [0.4, 0.5) is 0 Å². The van der Waals surface area contributed by atoms with E-state index in [4.69, 9.17) is 4.74 Å². The van der Waals surface area contributed by atoms with Crippen LogP contribution in [0.5, 0.6) is 5.75 Å². The third-order valence-corrected chi connectivity index (χ3v) is 4.85. The first kappa shape index (κ1) is 15.9. The number of Topliss-reactive ketones (excluding diaryl/α,β-unsaturated/α-hetero) is 1. The first-order chi connectivity index (χ1) is 10.0. The number of aryl methyl sites for hydroxylation is 1. The van der Waals surface area contributed by atoms with Crippen LogP contribution in [0, 0.1) is 6.92 Å². The van der Waals surface area contributed by atoms with Crippen molar-refractivity contribution in [3.8, 4) is 5.75 Å². The second-order valence-electron chi connectivity index (χ2n) is 4.57. The molecule has 3 nitrogen and oxygen atoms in total. The zero-order valence-corrected chi connectivity index (χ0v) is 14.2. The predicted octanol–water partition coefficient (Wildman–Crippen LogP) is 3.76. The van der Waals surface area contributed by atoms with Crippen molar-refractivity contribution in [2.24, 2.45) is 0 Å². The zero-order valence-electron chi connectivity index (χ0n) is 11.8. The first-order valence-electron chi connectivity index (χ1n) is 6.33. The number of hydrogen-bond acceptors (Lipinski definition) is 3. The minimum Gasteiger partial charge on any atom is -0.496 e. The van der Waals surface area contributed by atoms with Gasteiger partial charge in [-0.15, -0.1) is 0 Å². The summed E-state index contributed by atoms with van der Waals surface area (Å²) in [5.41, 5.74) is 1.48. The predicted molar refractivity (Wildman–Crippen MR) is 87.5 cm³/mol. The average Bonchev–Trinajstić information content (AvgIpc) is 2.47. The van der Waals surface area contributed by atoms with Crippen LogP contribution in [0.3, 0.4) is 0 Å². The van der Waals surface area contributed by atoms with E-state index in [-0.39, 0.29) is 11.5 Å². The molecule has 0 radical (unpaired) electrons. The van der Waals surface area contributed by atoms with E-state index in [9.17, 15) is 9.00 Å². The molecule has 110 valence electrons. The number of rotatable bonds is 5. The zero-order chi connectivity index (χ0) is 15.4. The Morgan fingerprint density at radius 1 is 1.19 bits per heavy atom. The van der Waals surface area contributed by atoms with Crippen LogP contribution in [0.25, 0.3) is 0 Å². The third kappa shape index (κ3) is 4.02. The van der Waals surface area contributed by atoms with Gasteiger partial charge in [-0.05, 0) is 48.9 Å². The van der Waals surface area contributed by atoms with Gasteiger partial charge in [0.05, 0.1) is 29.2 Å². The van der Waals surface area contributed by atoms with Crippen molar-refractivity contribution < 1.29 is 13.7 Å². The molecular weight excluding hydrogens is 352 g/mol. The van der Waals surface area contributed by atoms with Gasteiger partial charge >= 0.3 is 0 Å². The fourth-order valence-corrected chi connectivity index (χ4v) is 3.16. The number of carbonyl (C=O) groups is 1. The highest BCUT2D eigenvalue weighted by atomic mass is 79.9. The molecule has 0 aliphatic carbocycles. The van der Waals surface area contributed by atoms with Crippen molar-refractivity contribution in [2.75, 3.05) is 12.9 Å². The highest BCUT2D eigenvalue weighted by Gasteiger charge is 2.16. The van der Waals surface area contributed by atoms with Gasteiger partial charge in [0.15, 0.2) is 5.78 Å². The molecule has 5 heteroatoms. The Labute approximate surface area is 134 Å². The molecule has 0 saturated heterocycles. The minimum atomic E-state index is -1.36. The quantitative estimate of drug-likeness (QED) is 0.756. The lowest BCUT2D eigenvalue weighted by molar-refractivity contribution is 0.101. The molecule has 2 rings (SSSR count). The van der Waals surface area contributed by atoms with E-state index in [0.29, 0.717) is 16.2 Å². The Morgan fingerprint density at radius 2 is 1.86 bits per heavy atom. The molecule has 2 aromatic rings. The van der Waals surface area contributed by atoms with Gasteiger partial charge in [-0.25, -0.2) is 0 Å². The van der Waals surface area contributed by atoms with Gasteiger partial charge in [0, 0.05) is 9.37 Å². The summed E-state index contributed by atoms with van der Waals surface area (Å²) in [6, 6.07) is 12.5. The highest BCUT2D eigenvalue weighted by molar-refractivity contribution is 9.10. The number of benzene rings is 2. The van der Waals surface area contributed by atoms with E-state index in [2.05, 4.69) is 15.9 Å². The van der Waals surface area contributed by atoms with Gasteiger partial charge in [0.2, 0.25) is 0 Å². The van der Waals surface area contributed by atoms with E-state index < -0.39 is 10.8 Å². The van der Waals surface area contributed by atoms with Crippen LogP contribution >= 0.6 is 15.9 Å². The standard InChI is InChI=1S/C16H15BrO3S/c1-11-3-8-14(16(9-11)20-2)15(18)10-21(19)13-6-4-12(17)5-7-13/h3-9H,10H2,1-2H3. The molecule has 0 amide bonds. The fourth-order valence-electron chi connectivity index (χ4n) is 1.90. The number of hydrogen-bond donors (Lipinski definition) is 0. The third-order valence-electron chi connectivity index (χ3n) is 3.00. The molecule has 0 aliphatic heterocycles.